The molecule has 4 rings (SSSR count). The van der Waals surface area contributed by atoms with Crippen LogP contribution in [0, 0.1) is 5.92 Å². The molecule has 2 heterocycles. The number of amides is 1. The zero-order valence-corrected chi connectivity index (χ0v) is 20.7. The molecule has 0 spiro atoms. The second-order valence-electron chi connectivity index (χ2n) is 8.69. The van der Waals surface area contributed by atoms with Crippen molar-refractivity contribution in [3.63, 3.8) is 0 Å². The van der Waals surface area contributed by atoms with Gasteiger partial charge in [0, 0.05) is 13.6 Å². The van der Waals surface area contributed by atoms with E-state index in [-0.39, 0.29) is 42.2 Å². The predicted octanol–water partition coefficient (Wildman–Crippen LogP) is 2.84. The molecule has 0 atom stereocenters. The van der Waals surface area contributed by atoms with Crippen LogP contribution in [0.25, 0.3) is 11.0 Å². The van der Waals surface area contributed by atoms with E-state index in [9.17, 15) is 14.4 Å². The Kier molecular flexibility index (Phi) is 7.11. The lowest BCUT2D eigenvalue weighted by atomic mass is 10.2. The smallest absolute Gasteiger partial charge is 0.330 e. The van der Waals surface area contributed by atoms with E-state index in [2.05, 4.69) is 9.97 Å². The molecule has 9 nitrogen and oxygen atoms in total. The zero-order valence-electron chi connectivity index (χ0n) is 19.9. The number of carbonyl (C=O) groups is 1. The number of thioether (sulfide) groups is 1. The number of imidazole rings is 1. The van der Waals surface area contributed by atoms with Gasteiger partial charge in [-0.1, -0.05) is 68.1 Å². The average molecular weight is 493 g/mol. The third kappa shape index (κ3) is 5.17. The molecule has 35 heavy (non-hydrogen) atoms. The quantitative estimate of drug-likeness (QED) is 0.365. The normalized spacial score (nSPS) is 11.3. The Hall–Kier alpha value is -3.79. The van der Waals surface area contributed by atoms with Crippen LogP contribution < -0.4 is 21.9 Å². The second-order valence-corrected chi connectivity index (χ2v) is 9.64. The summed E-state index contributed by atoms with van der Waals surface area (Å²) in [4.78, 5) is 47.2. The highest BCUT2D eigenvalue weighted by Crippen LogP contribution is 2.25. The lowest BCUT2D eigenvalue weighted by molar-refractivity contribution is -0.116. The Balaban J connectivity index is 1.66. The largest absolute Gasteiger partial charge is 0.383 e. The second kappa shape index (κ2) is 10.2. The number of hydrogen-bond acceptors (Lipinski definition) is 6. The number of fused-ring (bicyclic) bond motifs is 1. The van der Waals surface area contributed by atoms with Gasteiger partial charge in [0.25, 0.3) is 5.56 Å². The number of benzene rings is 2. The summed E-state index contributed by atoms with van der Waals surface area (Å²) in [6.45, 7) is 4.35. The highest BCUT2D eigenvalue weighted by atomic mass is 32.2. The third-order valence-corrected chi connectivity index (χ3v) is 6.60. The van der Waals surface area contributed by atoms with Gasteiger partial charge in [-0.15, -0.1) is 0 Å². The first-order valence-electron chi connectivity index (χ1n) is 11.3. The van der Waals surface area contributed by atoms with E-state index in [1.54, 1.807) is 0 Å². The molecule has 0 unspecified atom stereocenters. The Bertz CT molecular complexity index is 1470. The minimum Gasteiger partial charge on any atom is -0.383 e. The molecule has 182 valence electrons. The molecule has 0 aliphatic carbocycles. The molecular formula is C25H28N6O3S. The van der Waals surface area contributed by atoms with E-state index < -0.39 is 11.2 Å². The van der Waals surface area contributed by atoms with Crippen molar-refractivity contribution >= 4 is 40.2 Å². The van der Waals surface area contributed by atoms with Crippen LogP contribution in [-0.2, 0) is 18.4 Å². The van der Waals surface area contributed by atoms with Crippen LogP contribution in [0.1, 0.15) is 19.4 Å². The SMILES string of the molecule is CC(C)CN(C(=O)CSc1nc2ccccc2n1C)c1c(N)n(Cc2ccccc2)c(=O)[nH]c1=O. The topological polar surface area (TPSA) is 119 Å². The van der Waals surface area contributed by atoms with Gasteiger partial charge in [0.05, 0.1) is 23.3 Å². The molecule has 10 heteroatoms. The number of anilines is 2. The summed E-state index contributed by atoms with van der Waals surface area (Å²) >= 11 is 1.29. The van der Waals surface area contributed by atoms with Crippen LogP contribution in [-0.4, -0.2) is 37.3 Å². The molecule has 0 aliphatic heterocycles. The van der Waals surface area contributed by atoms with E-state index in [1.807, 2.05) is 80.1 Å². The summed E-state index contributed by atoms with van der Waals surface area (Å²) in [5.74, 6) is -0.212. The van der Waals surface area contributed by atoms with Crippen LogP contribution in [0.4, 0.5) is 11.5 Å². The van der Waals surface area contributed by atoms with Crippen molar-refractivity contribution in [1.29, 1.82) is 0 Å². The van der Waals surface area contributed by atoms with Crippen molar-refractivity contribution in [2.45, 2.75) is 25.5 Å². The maximum atomic E-state index is 13.4. The van der Waals surface area contributed by atoms with Crippen molar-refractivity contribution < 1.29 is 4.79 Å². The summed E-state index contributed by atoms with van der Waals surface area (Å²) in [5.41, 5.74) is 7.70. The zero-order chi connectivity index (χ0) is 25.1. The van der Waals surface area contributed by atoms with E-state index in [0.29, 0.717) is 5.16 Å². The number of H-pyrrole nitrogens is 1. The molecule has 2 aromatic heterocycles. The third-order valence-electron chi connectivity index (χ3n) is 5.59. The predicted molar refractivity (Wildman–Crippen MR) is 140 cm³/mol. The fourth-order valence-corrected chi connectivity index (χ4v) is 4.76. The number of rotatable bonds is 8. The first-order chi connectivity index (χ1) is 16.8. The van der Waals surface area contributed by atoms with Gasteiger partial charge in [-0.25, -0.2) is 9.78 Å². The molecule has 1 amide bonds. The fourth-order valence-electron chi connectivity index (χ4n) is 3.90. The van der Waals surface area contributed by atoms with Gasteiger partial charge in [-0.2, -0.15) is 0 Å². The summed E-state index contributed by atoms with van der Waals surface area (Å²) in [6.07, 6.45) is 0. The van der Waals surface area contributed by atoms with Gasteiger partial charge in [-0.3, -0.25) is 19.1 Å². The minimum atomic E-state index is -0.682. The highest BCUT2D eigenvalue weighted by Gasteiger charge is 2.25. The number of aromatic amines is 1. The minimum absolute atomic E-state index is 0.00941. The molecule has 0 aliphatic rings. The Labute approximate surface area is 206 Å². The van der Waals surface area contributed by atoms with Crippen molar-refractivity contribution in [3.8, 4) is 0 Å². The van der Waals surface area contributed by atoms with Crippen LogP contribution in [0.5, 0.6) is 0 Å². The molecule has 2 aromatic carbocycles. The summed E-state index contributed by atoms with van der Waals surface area (Å²) in [7, 11) is 1.90. The molecule has 0 bridgehead atoms. The van der Waals surface area contributed by atoms with Crippen LogP contribution >= 0.6 is 11.8 Å². The van der Waals surface area contributed by atoms with Gasteiger partial charge in [0.1, 0.15) is 5.82 Å². The van der Waals surface area contributed by atoms with Crippen molar-refractivity contribution in [3.05, 3.63) is 81.0 Å². The standard InChI is InChI=1S/C25H28N6O3S/c1-16(2)13-30(20(32)15-35-25-27-18-11-7-8-12-19(18)29(25)3)21-22(26)31(24(34)28-23(21)33)14-17-9-5-4-6-10-17/h4-12,16H,13-15,26H2,1-3H3,(H,28,33,34). The Morgan fingerprint density at radius 2 is 1.80 bits per heavy atom. The summed E-state index contributed by atoms with van der Waals surface area (Å²) in [5, 5.41) is 0.694. The first kappa shape index (κ1) is 24.3. The van der Waals surface area contributed by atoms with E-state index in [1.165, 1.54) is 21.2 Å². The van der Waals surface area contributed by atoms with Crippen molar-refractivity contribution in [1.82, 2.24) is 19.1 Å². The lowest BCUT2D eigenvalue weighted by Crippen LogP contribution is -2.43. The van der Waals surface area contributed by atoms with Crippen LogP contribution in [0.3, 0.4) is 0 Å². The van der Waals surface area contributed by atoms with Gasteiger partial charge in [0.15, 0.2) is 10.8 Å². The molecule has 3 N–H and O–H groups in total. The van der Waals surface area contributed by atoms with Gasteiger partial charge < -0.3 is 15.2 Å². The van der Waals surface area contributed by atoms with Crippen molar-refractivity contribution in [2.24, 2.45) is 13.0 Å². The molecule has 0 fully saturated rings. The van der Waals surface area contributed by atoms with Gasteiger partial charge >= 0.3 is 5.69 Å². The number of nitrogens with zero attached hydrogens (tertiary/aromatic N) is 4. The highest BCUT2D eigenvalue weighted by molar-refractivity contribution is 7.99. The van der Waals surface area contributed by atoms with Crippen LogP contribution in [0.15, 0.2) is 69.3 Å². The van der Waals surface area contributed by atoms with Crippen molar-refractivity contribution in [2.75, 3.05) is 22.9 Å². The van der Waals surface area contributed by atoms with Gasteiger partial charge in [-0.05, 0) is 23.6 Å². The molecule has 0 saturated heterocycles. The number of nitrogens with two attached hydrogens (primary N) is 1. The Morgan fingerprint density at radius 1 is 1.11 bits per heavy atom. The average Bonchev–Trinajstić information content (AvgIpc) is 3.15. The molecular weight excluding hydrogens is 464 g/mol. The fraction of sp³-hybridized carbons (Fsp3) is 0.280. The summed E-state index contributed by atoms with van der Waals surface area (Å²) < 4.78 is 3.21. The van der Waals surface area contributed by atoms with E-state index in [0.717, 1.165) is 16.6 Å². The maximum Gasteiger partial charge on any atom is 0.330 e. The lowest BCUT2D eigenvalue weighted by Gasteiger charge is -2.26. The van der Waals surface area contributed by atoms with Gasteiger partial charge in [0.2, 0.25) is 5.91 Å². The number of aryl methyl sites for hydroxylation is 1. The van der Waals surface area contributed by atoms with E-state index >= 15 is 0 Å². The monoisotopic (exact) mass is 492 g/mol. The first-order valence-corrected chi connectivity index (χ1v) is 12.3. The number of nitrogen functional groups attached to an aromatic ring is 1. The number of carbonyl (C=O) groups excluding carboxylic acids is 1. The van der Waals surface area contributed by atoms with Crippen LogP contribution in [0.2, 0.25) is 0 Å². The number of para-hydroxylation sites is 2. The molecule has 0 radical (unpaired) electrons. The summed E-state index contributed by atoms with van der Waals surface area (Å²) in [6, 6.07) is 17.1. The number of hydrogen-bond donors (Lipinski definition) is 2. The molecule has 4 aromatic rings. The molecule has 0 saturated carbocycles. The maximum absolute atomic E-state index is 13.4. The Morgan fingerprint density at radius 3 is 2.49 bits per heavy atom. The number of aromatic nitrogens is 4. The van der Waals surface area contributed by atoms with E-state index in [4.69, 9.17) is 5.73 Å². The number of nitrogens with one attached hydrogen (secondary N) is 1.